The van der Waals surface area contributed by atoms with Gasteiger partial charge in [0.2, 0.25) is 17.8 Å². The molecule has 2 aromatic carbocycles. The highest BCUT2D eigenvalue weighted by Gasteiger charge is 2.35. The third-order valence-electron chi connectivity index (χ3n) is 5.01. The van der Waals surface area contributed by atoms with Crippen LogP contribution in [0.2, 0.25) is 0 Å². The van der Waals surface area contributed by atoms with Crippen molar-refractivity contribution >= 4 is 35.0 Å². The lowest BCUT2D eigenvalue weighted by atomic mass is 9.92. The molecule has 4 rings (SSSR count). The topological polar surface area (TPSA) is 125 Å². The van der Waals surface area contributed by atoms with E-state index in [4.69, 9.17) is 4.74 Å². The van der Waals surface area contributed by atoms with Gasteiger partial charge in [-0.2, -0.15) is 4.98 Å². The molecule has 3 aromatic rings. The van der Waals surface area contributed by atoms with Crippen molar-refractivity contribution in [3.63, 3.8) is 0 Å². The number of ether oxygens (including phenoxy) is 1. The number of rotatable bonds is 5. The maximum atomic E-state index is 13.0. The number of carbonyl (C=O) groups is 2. The molecule has 4 N–H and O–H groups in total. The lowest BCUT2D eigenvalue weighted by Crippen LogP contribution is -2.36. The van der Waals surface area contributed by atoms with E-state index in [0.717, 1.165) is 11.3 Å². The zero-order valence-electron chi connectivity index (χ0n) is 17.0. The highest BCUT2D eigenvalue weighted by molar-refractivity contribution is 6.04. The maximum absolute atomic E-state index is 13.0. The SMILES string of the molecule is COc1ccc(C)c(NC(=O)[C@H]2CC(=O)Nc3nc(Nc4ccccc4)[nH]c(=O)c32)c1. The fourth-order valence-corrected chi connectivity index (χ4v) is 3.40. The zero-order valence-corrected chi connectivity index (χ0v) is 17.0. The van der Waals surface area contributed by atoms with Crippen molar-refractivity contribution in [3.05, 3.63) is 70.0 Å². The van der Waals surface area contributed by atoms with Gasteiger partial charge in [-0.05, 0) is 30.7 Å². The molecule has 1 aliphatic heterocycles. The van der Waals surface area contributed by atoms with E-state index >= 15 is 0 Å². The molecule has 9 heteroatoms. The van der Waals surface area contributed by atoms with E-state index in [9.17, 15) is 14.4 Å². The zero-order chi connectivity index (χ0) is 22.0. The van der Waals surface area contributed by atoms with E-state index in [1.165, 1.54) is 7.11 Å². The third-order valence-corrected chi connectivity index (χ3v) is 5.01. The number of aryl methyl sites for hydroxylation is 1. The highest BCUT2D eigenvalue weighted by atomic mass is 16.5. The Bertz CT molecular complexity index is 1210. The van der Waals surface area contributed by atoms with Crippen LogP contribution >= 0.6 is 0 Å². The number of nitrogens with one attached hydrogen (secondary N) is 4. The van der Waals surface area contributed by atoms with Gasteiger partial charge in [0, 0.05) is 23.9 Å². The number of anilines is 4. The summed E-state index contributed by atoms with van der Waals surface area (Å²) < 4.78 is 5.20. The van der Waals surface area contributed by atoms with Gasteiger partial charge in [0.25, 0.3) is 5.56 Å². The summed E-state index contributed by atoms with van der Waals surface area (Å²) in [5.41, 5.74) is 1.71. The van der Waals surface area contributed by atoms with Crippen LogP contribution in [-0.2, 0) is 9.59 Å². The van der Waals surface area contributed by atoms with E-state index in [2.05, 4.69) is 25.9 Å². The van der Waals surface area contributed by atoms with Crippen molar-refractivity contribution in [1.82, 2.24) is 9.97 Å². The van der Waals surface area contributed by atoms with Gasteiger partial charge in [0.05, 0.1) is 18.6 Å². The smallest absolute Gasteiger partial charge is 0.258 e. The van der Waals surface area contributed by atoms with Gasteiger partial charge in [-0.25, -0.2) is 0 Å². The maximum Gasteiger partial charge on any atom is 0.258 e. The molecular formula is C22H21N5O4. The first-order chi connectivity index (χ1) is 14.9. The number of aromatic amines is 1. The van der Waals surface area contributed by atoms with Crippen molar-refractivity contribution in [3.8, 4) is 5.75 Å². The third kappa shape index (κ3) is 4.25. The highest BCUT2D eigenvalue weighted by Crippen LogP contribution is 2.31. The van der Waals surface area contributed by atoms with E-state index in [1.54, 1.807) is 12.1 Å². The molecule has 1 aromatic heterocycles. The molecule has 158 valence electrons. The Kier molecular flexibility index (Phi) is 5.40. The molecule has 2 heterocycles. The molecule has 0 aliphatic carbocycles. The quantitative estimate of drug-likeness (QED) is 0.504. The summed E-state index contributed by atoms with van der Waals surface area (Å²) in [5.74, 6) is -1.02. The van der Waals surface area contributed by atoms with Crippen molar-refractivity contribution in [2.75, 3.05) is 23.1 Å². The number of methoxy groups -OCH3 is 1. The van der Waals surface area contributed by atoms with Crippen molar-refractivity contribution in [2.45, 2.75) is 19.3 Å². The minimum Gasteiger partial charge on any atom is -0.497 e. The lowest BCUT2D eigenvalue weighted by Gasteiger charge is -2.24. The fourth-order valence-electron chi connectivity index (χ4n) is 3.40. The number of nitrogens with zero attached hydrogens (tertiary/aromatic N) is 1. The van der Waals surface area contributed by atoms with Crippen LogP contribution in [0.15, 0.2) is 53.3 Å². The van der Waals surface area contributed by atoms with Crippen LogP contribution in [-0.4, -0.2) is 28.9 Å². The molecule has 0 unspecified atom stereocenters. The number of fused-ring (bicyclic) bond motifs is 1. The van der Waals surface area contributed by atoms with Crippen LogP contribution < -0.4 is 26.2 Å². The van der Waals surface area contributed by atoms with Crippen molar-refractivity contribution in [2.24, 2.45) is 0 Å². The van der Waals surface area contributed by atoms with Crippen LogP contribution in [0.25, 0.3) is 0 Å². The fraction of sp³-hybridized carbons (Fsp3) is 0.182. The predicted octanol–water partition coefficient (Wildman–Crippen LogP) is 2.90. The van der Waals surface area contributed by atoms with Gasteiger partial charge in [0.1, 0.15) is 11.6 Å². The summed E-state index contributed by atoms with van der Waals surface area (Å²) in [6, 6.07) is 14.4. The summed E-state index contributed by atoms with van der Waals surface area (Å²) in [6.45, 7) is 1.84. The standard InChI is InChI=1S/C22H21N5O4/c1-12-8-9-14(31-2)10-16(12)24-20(29)15-11-17(28)25-19-18(15)21(30)27-22(26-19)23-13-6-4-3-5-7-13/h3-10,15H,11H2,1-2H3,(H,24,29)(H3,23,25,26,27,28,30)/t15-/m0/s1. The molecule has 9 nitrogen and oxygen atoms in total. The molecule has 2 amide bonds. The van der Waals surface area contributed by atoms with Gasteiger partial charge >= 0.3 is 0 Å². The van der Waals surface area contributed by atoms with Gasteiger partial charge in [0.15, 0.2) is 0 Å². The molecule has 0 bridgehead atoms. The monoisotopic (exact) mass is 419 g/mol. The van der Waals surface area contributed by atoms with Crippen LogP contribution in [0.5, 0.6) is 5.75 Å². The van der Waals surface area contributed by atoms with E-state index in [1.807, 2.05) is 43.3 Å². The summed E-state index contributed by atoms with van der Waals surface area (Å²) in [6.07, 6.45) is -0.155. The Hall–Kier alpha value is -4.14. The number of hydrogen-bond donors (Lipinski definition) is 4. The van der Waals surface area contributed by atoms with Crippen LogP contribution in [0.3, 0.4) is 0 Å². The molecule has 0 fully saturated rings. The van der Waals surface area contributed by atoms with E-state index in [0.29, 0.717) is 11.4 Å². The van der Waals surface area contributed by atoms with E-state index in [-0.39, 0.29) is 23.8 Å². The van der Waals surface area contributed by atoms with Crippen LogP contribution in [0.1, 0.15) is 23.5 Å². The summed E-state index contributed by atoms with van der Waals surface area (Å²) in [5, 5.41) is 8.38. The Labute approximate surface area is 177 Å². The van der Waals surface area contributed by atoms with Crippen LogP contribution in [0.4, 0.5) is 23.1 Å². The normalized spacial score (nSPS) is 14.9. The average molecular weight is 419 g/mol. The first-order valence-electron chi connectivity index (χ1n) is 9.66. The van der Waals surface area contributed by atoms with E-state index < -0.39 is 23.3 Å². The number of amides is 2. The van der Waals surface area contributed by atoms with Gasteiger partial charge in [-0.15, -0.1) is 0 Å². The molecule has 31 heavy (non-hydrogen) atoms. The largest absolute Gasteiger partial charge is 0.497 e. The minimum absolute atomic E-state index is 0.0703. The van der Waals surface area contributed by atoms with Crippen molar-refractivity contribution < 1.29 is 14.3 Å². The Morgan fingerprint density at radius 1 is 1.16 bits per heavy atom. The summed E-state index contributed by atoms with van der Waals surface area (Å²) >= 11 is 0. The summed E-state index contributed by atoms with van der Waals surface area (Å²) in [4.78, 5) is 45.1. The Morgan fingerprint density at radius 3 is 2.68 bits per heavy atom. The first kappa shape index (κ1) is 20.1. The molecule has 0 saturated heterocycles. The number of aromatic nitrogens is 2. The molecule has 0 radical (unpaired) electrons. The predicted molar refractivity (Wildman–Crippen MR) is 117 cm³/mol. The second kappa shape index (κ2) is 8.31. The Morgan fingerprint density at radius 2 is 1.94 bits per heavy atom. The molecule has 1 aliphatic rings. The lowest BCUT2D eigenvalue weighted by molar-refractivity contribution is -0.123. The summed E-state index contributed by atoms with van der Waals surface area (Å²) in [7, 11) is 1.53. The van der Waals surface area contributed by atoms with Crippen LogP contribution in [0, 0.1) is 6.92 Å². The number of H-pyrrole nitrogens is 1. The second-order valence-electron chi connectivity index (χ2n) is 7.14. The second-order valence-corrected chi connectivity index (χ2v) is 7.14. The number of benzene rings is 2. The molecule has 1 atom stereocenters. The molecular weight excluding hydrogens is 398 g/mol. The number of para-hydroxylation sites is 1. The number of hydrogen-bond acceptors (Lipinski definition) is 6. The average Bonchev–Trinajstić information content (AvgIpc) is 2.75. The first-order valence-corrected chi connectivity index (χ1v) is 9.66. The van der Waals surface area contributed by atoms with Gasteiger partial charge in [-0.1, -0.05) is 24.3 Å². The Balaban J connectivity index is 1.65. The number of carbonyl (C=O) groups excluding carboxylic acids is 2. The van der Waals surface area contributed by atoms with Gasteiger partial charge < -0.3 is 20.7 Å². The molecule has 0 spiro atoms. The van der Waals surface area contributed by atoms with Gasteiger partial charge in [-0.3, -0.25) is 19.4 Å². The minimum atomic E-state index is -0.976. The molecule has 0 saturated carbocycles. The van der Waals surface area contributed by atoms with Crippen molar-refractivity contribution in [1.29, 1.82) is 0 Å².